The quantitative estimate of drug-likeness (QED) is 0.686. The van der Waals surface area contributed by atoms with Gasteiger partial charge in [0.15, 0.2) is 0 Å². The fraction of sp³-hybridized carbons (Fsp3) is 0.923. The lowest BCUT2D eigenvalue weighted by Crippen LogP contribution is -2.43. The van der Waals surface area contributed by atoms with Crippen LogP contribution in [0.5, 0.6) is 0 Å². The molecule has 3 nitrogen and oxygen atoms in total. The molecule has 1 spiro atoms. The van der Waals surface area contributed by atoms with Gasteiger partial charge in [0.25, 0.3) is 0 Å². The fourth-order valence-electron chi connectivity index (χ4n) is 3.06. The number of likely N-dealkylation sites (tertiary alicyclic amines) is 1. The van der Waals surface area contributed by atoms with Gasteiger partial charge in [-0.1, -0.05) is 12.8 Å². The number of ether oxygens (including phenoxy) is 1. The van der Waals surface area contributed by atoms with Crippen molar-refractivity contribution in [1.82, 2.24) is 4.90 Å². The molecule has 2 rings (SSSR count). The van der Waals surface area contributed by atoms with E-state index in [0.29, 0.717) is 5.41 Å². The SMILES string of the molecule is CC(C)OC(=O)N1CCC2(CCCC2)CC1. The number of carbonyl (C=O) groups is 1. The van der Waals surface area contributed by atoms with E-state index in [1.54, 1.807) is 0 Å². The molecule has 0 atom stereocenters. The van der Waals surface area contributed by atoms with Crippen LogP contribution in [0.15, 0.2) is 0 Å². The van der Waals surface area contributed by atoms with Gasteiger partial charge in [-0.25, -0.2) is 4.79 Å². The van der Waals surface area contributed by atoms with Gasteiger partial charge in [0.05, 0.1) is 6.10 Å². The summed E-state index contributed by atoms with van der Waals surface area (Å²) < 4.78 is 5.23. The van der Waals surface area contributed by atoms with E-state index in [4.69, 9.17) is 4.74 Å². The first kappa shape index (κ1) is 11.7. The van der Waals surface area contributed by atoms with E-state index in [1.165, 1.54) is 38.5 Å². The zero-order valence-corrected chi connectivity index (χ0v) is 10.5. The van der Waals surface area contributed by atoms with Crippen LogP contribution in [0, 0.1) is 5.41 Å². The van der Waals surface area contributed by atoms with Crippen molar-refractivity contribution in [3.05, 3.63) is 0 Å². The molecule has 1 amide bonds. The molecule has 0 aromatic rings. The summed E-state index contributed by atoms with van der Waals surface area (Å²) in [6.07, 6.45) is 7.76. The predicted molar refractivity (Wildman–Crippen MR) is 63.3 cm³/mol. The number of rotatable bonds is 1. The van der Waals surface area contributed by atoms with Crippen LogP contribution in [0.1, 0.15) is 52.4 Å². The standard InChI is InChI=1S/C13H23NO2/c1-11(2)16-12(15)14-9-7-13(8-10-14)5-3-4-6-13/h11H,3-10H2,1-2H3. The van der Waals surface area contributed by atoms with Crippen molar-refractivity contribution in [2.75, 3.05) is 13.1 Å². The van der Waals surface area contributed by atoms with E-state index in [9.17, 15) is 4.79 Å². The van der Waals surface area contributed by atoms with Gasteiger partial charge in [-0.15, -0.1) is 0 Å². The Kier molecular flexibility index (Phi) is 3.41. The summed E-state index contributed by atoms with van der Waals surface area (Å²) in [7, 11) is 0. The highest BCUT2D eigenvalue weighted by Gasteiger charge is 2.38. The second-order valence-electron chi connectivity index (χ2n) is 5.63. The fourth-order valence-corrected chi connectivity index (χ4v) is 3.06. The Morgan fingerprint density at radius 1 is 1.12 bits per heavy atom. The van der Waals surface area contributed by atoms with Gasteiger partial charge in [-0.2, -0.15) is 0 Å². The monoisotopic (exact) mass is 225 g/mol. The highest BCUT2D eigenvalue weighted by Crippen LogP contribution is 2.46. The first-order valence-electron chi connectivity index (χ1n) is 6.57. The minimum Gasteiger partial charge on any atom is -0.447 e. The smallest absolute Gasteiger partial charge is 0.410 e. The molecule has 16 heavy (non-hydrogen) atoms. The largest absolute Gasteiger partial charge is 0.447 e. The normalized spacial score (nSPS) is 24.1. The third-order valence-electron chi connectivity index (χ3n) is 4.08. The Morgan fingerprint density at radius 3 is 2.19 bits per heavy atom. The second-order valence-corrected chi connectivity index (χ2v) is 5.63. The van der Waals surface area contributed by atoms with Crippen LogP contribution in [0.3, 0.4) is 0 Å². The molecule has 0 aromatic heterocycles. The van der Waals surface area contributed by atoms with E-state index in [2.05, 4.69) is 0 Å². The van der Waals surface area contributed by atoms with Gasteiger partial charge in [0, 0.05) is 13.1 Å². The molecule has 0 N–H and O–H groups in total. The molecule has 1 aliphatic carbocycles. The lowest BCUT2D eigenvalue weighted by molar-refractivity contribution is 0.0501. The van der Waals surface area contributed by atoms with Crippen molar-refractivity contribution >= 4 is 6.09 Å². The average molecular weight is 225 g/mol. The molecule has 0 unspecified atom stereocenters. The molecule has 2 fully saturated rings. The van der Waals surface area contributed by atoms with Crippen molar-refractivity contribution in [3.8, 4) is 0 Å². The van der Waals surface area contributed by atoms with Gasteiger partial charge < -0.3 is 9.64 Å². The number of hydrogen-bond donors (Lipinski definition) is 0. The van der Waals surface area contributed by atoms with Gasteiger partial charge in [-0.05, 0) is 44.9 Å². The number of piperidine rings is 1. The minimum atomic E-state index is -0.122. The Balaban J connectivity index is 1.82. The topological polar surface area (TPSA) is 29.5 Å². The molecule has 0 radical (unpaired) electrons. The summed E-state index contributed by atoms with van der Waals surface area (Å²) in [6, 6.07) is 0. The van der Waals surface area contributed by atoms with E-state index in [-0.39, 0.29) is 12.2 Å². The minimum absolute atomic E-state index is 0.00475. The summed E-state index contributed by atoms with van der Waals surface area (Å²) in [5, 5.41) is 0. The molecular weight excluding hydrogens is 202 g/mol. The lowest BCUT2D eigenvalue weighted by Gasteiger charge is -2.39. The zero-order valence-electron chi connectivity index (χ0n) is 10.5. The highest BCUT2D eigenvalue weighted by molar-refractivity contribution is 5.67. The van der Waals surface area contributed by atoms with Gasteiger partial charge >= 0.3 is 6.09 Å². The number of carbonyl (C=O) groups excluding carboxylic acids is 1. The maximum Gasteiger partial charge on any atom is 0.410 e. The lowest BCUT2D eigenvalue weighted by atomic mass is 9.77. The summed E-state index contributed by atoms with van der Waals surface area (Å²) in [5.74, 6) is 0. The Morgan fingerprint density at radius 2 is 1.69 bits per heavy atom. The summed E-state index contributed by atoms with van der Waals surface area (Å²) >= 11 is 0. The molecule has 0 aromatic carbocycles. The third kappa shape index (κ3) is 2.50. The molecule has 1 saturated heterocycles. The maximum absolute atomic E-state index is 11.7. The first-order chi connectivity index (χ1) is 7.61. The molecule has 1 saturated carbocycles. The van der Waals surface area contributed by atoms with E-state index >= 15 is 0 Å². The van der Waals surface area contributed by atoms with Gasteiger partial charge in [-0.3, -0.25) is 0 Å². The van der Waals surface area contributed by atoms with E-state index in [0.717, 1.165) is 13.1 Å². The van der Waals surface area contributed by atoms with Crippen molar-refractivity contribution in [3.63, 3.8) is 0 Å². The molecule has 2 aliphatic rings. The highest BCUT2D eigenvalue weighted by atomic mass is 16.6. The van der Waals surface area contributed by atoms with Crippen LogP contribution in [0.2, 0.25) is 0 Å². The average Bonchev–Trinajstić information content (AvgIpc) is 2.66. The van der Waals surface area contributed by atoms with Crippen LogP contribution in [0.4, 0.5) is 4.79 Å². The summed E-state index contributed by atoms with van der Waals surface area (Å²) in [5.41, 5.74) is 0.578. The van der Waals surface area contributed by atoms with Crippen LogP contribution in [-0.4, -0.2) is 30.2 Å². The van der Waals surface area contributed by atoms with E-state index < -0.39 is 0 Å². The number of nitrogens with zero attached hydrogens (tertiary/aromatic N) is 1. The van der Waals surface area contributed by atoms with E-state index in [1.807, 2.05) is 18.7 Å². The van der Waals surface area contributed by atoms with Crippen molar-refractivity contribution in [2.45, 2.75) is 58.5 Å². The van der Waals surface area contributed by atoms with Crippen LogP contribution in [0.25, 0.3) is 0 Å². The molecule has 3 heteroatoms. The zero-order chi connectivity index (χ0) is 11.6. The number of amides is 1. The molecule has 92 valence electrons. The Hall–Kier alpha value is -0.730. The van der Waals surface area contributed by atoms with Crippen molar-refractivity contribution < 1.29 is 9.53 Å². The maximum atomic E-state index is 11.7. The predicted octanol–water partition coefficient (Wildman–Crippen LogP) is 3.19. The first-order valence-corrected chi connectivity index (χ1v) is 6.57. The number of hydrogen-bond acceptors (Lipinski definition) is 2. The molecular formula is C13H23NO2. The summed E-state index contributed by atoms with van der Waals surface area (Å²) in [6.45, 7) is 5.59. The Bertz CT molecular complexity index is 247. The van der Waals surface area contributed by atoms with Gasteiger partial charge in [0.1, 0.15) is 0 Å². The molecule has 1 heterocycles. The van der Waals surface area contributed by atoms with Crippen LogP contribution < -0.4 is 0 Å². The molecule has 1 aliphatic heterocycles. The van der Waals surface area contributed by atoms with Crippen molar-refractivity contribution in [2.24, 2.45) is 5.41 Å². The third-order valence-corrected chi connectivity index (χ3v) is 4.08. The molecule has 0 bridgehead atoms. The second kappa shape index (κ2) is 4.64. The summed E-state index contributed by atoms with van der Waals surface area (Å²) in [4.78, 5) is 13.6. The van der Waals surface area contributed by atoms with Crippen LogP contribution in [-0.2, 0) is 4.74 Å². The Labute approximate surface area is 98.1 Å². The van der Waals surface area contributed by atoms with Crippen LogP contribution >= 0.6 is 0 Å². The van der Waals surface area contributed by atoms with Crippen molar-refractivity contribution in [1.29, 1.82) is 0 Å². The van der Waals surface area contributed by atoms with Gasteiger partial charge in [0.2, 0.25) is 0 Å².